The number of hydrogen-bond donors (Lipinski definition) is 1. The Kier molecular flexibility index (Phi) is 4.96. The molecule has 124 valence electrons. The van der Waals surface area contributed by atoms with E-state index in [0.717, 1.165) is 22.8 Å². The summed E-state index contributed by atoms with van der Waals surface area (Å²) in [6.45, 7) is 0.440. The van der Waals surface area contributed by atoms with Crippen LogP contribution in [0.4, 0.5) is 0 Å². The second-order valence-electron chi connectivity index (χ2n) is 5.15. The van der Waals surface area contributed by atoms with Crippen LogP contribution in [0.25, 0.3) is 0 Å². The molecular formula is C18H18N2O4. The monoisotopic (exact) mass is 326 g/mol. The zero-order valence-electron chi connectivity index (χ0n) is 13.3. The van der Waals surface area contributed by atoms with Gasteiger partial charge in [0.25, 0.3) is 5.91 Å². The van der Waals surface area contributed by atoms with E-state index in [0.29, 0.717) is 18.8 Å². The second kappa shape index (κ2) is 7.50. The molecule has 0 aromatic heterocycles. The Bertz CT molecular complexity index is 741. The number of benzene rings is 2. The minimum Gasteiger partial charge on any atom is -0.497 e. The second-order valence-corrected chi connectivity index (χ2v) is 5.15. The summed E-state index contributed by atoms with van der Waals surface area (Å²) in [5.41, 5.74) is 4.23. The molecule has 0 unspecified atom stereocenters. The van der Waals surface area contributed by atoms with Gasteiger partial charge >= 0.3 is 0 Å². The number of carbonyl (C=O) groups excluding carboxylic acids is 1. The third-order valence-corrected chi connectivity index (χ3v) is 3.54. The largest absolute Gasteiger partial charge is 0.497 e. The molecule has 0 spiro atoms. The van der Waals surface area contributed by atoms with Crippen LogP contribution in [0.1, 0.15) is 12.0 Å². The van der Waals surface area contributed by atoms with E-state index in [2.05, 4.69) is 10.5 Å². The number of amides is 1. The first kappa shape index (κ1) is 15.9. The summed E-state index contributed by atoms with van der Waals surface area (Å²) in [7, 11) is 1.59. The smallest absolute Gasteiger partial charge is 0.277 e. The van der Waals surface area contributed by atoms with Crippen LogP contribution in [0.15, 0.2) is 53.6 Å². The maximum absolute atomic E-state index is 11.9. The lowest BCUT2D eigenvalue weighted by molar-refractivity contribution is -0.123. The van der Waals surface area contributed by atoms with Crippen molar-refractivity contribution in [3.05, 3.63) is 54.1 Å². The number of nitrogens with one attached hydrogen (secondary N) is 1. The van der Waals surface area contributed by atoms with Gasteiger partial charge in [0.1, 0.15) is 17.2 Å². The first-order valence-corrected chi connectivity index (χ1v) is 7.61. The molecule has 0 radical (unpaired) electrons. The SMILES string of the molecule is COc1ccc(OCC(=O)N/N=C2\CCOc3ccccc32)cc1. The van der Waals surface area contributed by atoms with Gasteiger partial charge < -0.3 is 14.2 Å². The van der Waals surface area contributed by atoms with Crippen LogP contribution < -0.4 is 19.6 Å². The van der Waals surface area contributed by atoms with Crippen molar-refractivity contribution in [3.8, 4) is 17.2 Å². The highest BCUT2D eigenvalue weighted by molar-refractivity contribution is 6.04. The lowest BCUT2D eigenvalue weighted by Gasteiger charge is -2.18. The van der Waals surface area contributed by atoms with Crippen LogP contribution in [0.3, 0.4) is 0 Å². The lowest BCUT2D eigenvalue weighted by atomic mass is 10.0. The average molecular weight is 326 g/mol. The molecule has 2 aromatic rings. The van der Waals surface area contributed by atoms with Crippen molar-refractivity contribution in [2.45, 2.75) is 6.42 Å². The van der Waals surface area contributed by atoms with E-state index >= 15 is 0 Å². The minimum atomic E-state index is -0.317. The molecule has 6 nitrogen and oxygen atoms in total. The molecule has 0 saturated carbocycles. The molecule has 6 heteroatoms. The van der Waals surface area contributed by atoms with Crippen molar-refractivity contribution < 1.29 is 19.0 Å². The lowest BCUT2D eigenvalue weighted by Crippen LogP contribution is -2.27. The van der Waals surface area contributed by atoms with Crippen molar-refractivity contribution in [3.63, 3.8) is 0 Å². The normalized spacial score (nSPS) is 14.5. The molecule has 24 heavy (non-hydrogen) atoms. The molecule has 2 aromatic carbocycles. The fourth-order valence-corrected chi connectivity index (χ4v) is 2.32. The van der Waals surface area contributed by atoms with Crippen LogP contribution in [0.2, 0.25) is 0 Å². The molecule has 1 N–H and O–H groups in total. The van der Waals surface area contributed by atoms with E-state index in [9.17, 15) is 4.79 Å². The third kappa shape index (κ3) is 3.84. The van der Waals surface area contributed by atoms with E-state index in [1.807, 2.05) is 24.3 Å². The van der Waals surface area contributed by atoms with Gasteiger partial charge in [-0.05, 0) is 36.4 Å². The molecule has 0 atom stereocenters. The fraction of sp³-hybridized carbons (Fsp3) is 0.222. The molecule has 1 aliphatic heterocycles. The molecule has 1 heterocycles. The Labute approximate surface area is 140 Å². The Balaban J connectivity index is 1.55. The van der Waals surface area contributed by atoms with Crippen molar-refractivity contribution in [2.24, 2.45) is 5.10 Å². The summed E-state index contributed by atoms with van der Waals surface area (Å²) in [6.07, 6.45) is 0.649. The van der Waals surface area contributed by atoms with Crippen molar-refractivity contribution in [1.29, 1.82) is 0 Å². The highest BCUT2D eigenvalue weighted by atomic mass is 16.5. The standard InChI is InChI=1S/C18H18N2O4/c1-22-13-6-8-14(9-7-13)24-12-18(21)20-19-16-10-11-23-17-5-3-2-4-15(16)17/h2-9H,10-12H2,1H3,(H,20,21)/b19-16+. The summed E-state index contributed by atoms with van der Waals surface area (Å²) in [5.74, 6) is 1.79. The van der Waals surface area contributed by atoms with Crippen LogP contribution in [0.5, 0.6) is 17.2 Å². The highest BCUT2D eigenvalue weighted by Gasteiger charge is 2.16. The summed E-state index contributed by atoms with van der Waals surface area (Å²) in [4.78, 5) is 11.9. The molecular weight excluding hydrogens is 308 g/mol. The highest BCUT2D eigenvalue weighted by Crippen LogP contribution is 2.24. The Hall–Kier alpha value is -3.02. The van der Waals surface area contributed by atoms with Gasteiger partial charge in [-0.25, -0.2) is 5.43 Å². The maximum Gasteiger partial charge on any atom is 0.277 e. The number of fused-ring (bicyclic) bond motifs is 1. The van der Waals surface area contributed by atoms with Crippen LogP contribution in [-0.4, -0.2) is 31.9 Å². The number of ether oxygens (including phenoxy) is 3. The predicted molar refractivity (Wildman–Crippen MR) is 89.7 cm³/mol. The maximum atomic E-state index is 11.9. The van der Waals surface area contributed by atoms with E-state index in [-0.39, 0.29) is 12.5 Å². The van der Waals surface area contributed by atoms with E-state index in [4.69, 9.17) is 14.2 Å². The number of rotatable bonds is 5. The van der Waals surface area contributed by atoms with Gasteiger partial charge in [-0.1, -0.05) is 12.1 Å². The molecule has 1 amide bonds. The molecule has 1 aliphatic rings. The quantitative estimate of drug-likeness (QED) is 0.857. The van der Waals surface area contributed by atoms with E-state index in [1.165, 1.54) is 0 Å². The molecule has 3 rings (SSSR count). The number of nitrogens with zero attached hydrogens (tertiary/aromatic N) is 1. The number of methoxy groups -OCH3 is 1. The molecule has 0 bridgehead atoms. The molecule has 0 aliphatic carbocycles. The first-order valence-electron chi connectivity index (χ1n) is 7.61. The fourth-order valence-electron chi connectivity index (χ4n) is 2.32. The van der Waals surface area contributed by atoms with Gasteiger partial charge in [0.05, 0.1) is 19.4 Å². The van der Waals surface area contributed by atoms with Crippen LogP contribution in [0, 0.1) is 0 Å². The number of carbonyl (C=O) groups is 1. The Morgan fingerprint density at radius 3 is 2.71 bits per heavy atom. The first-order chi connectivity index (χ1) is 11.8. The molecule has 0 saturated heterocycles. The van der Waals surface area contributed by atoms with Gasteiger partial charge in [0, 0.05) is 12.0 Å². The minimum absolute atomic E-state index is 0.110. The van der Waals surface area contributed by atoms with Gasteiger partial charge in [0.15, 0.2) is 6.61 Å². The Morgan fingerprint density at radius 1 is 1.17 bits per heavy atom. The summed E-state index contributed by atoms with van der Waals surface area (Å²) in [5, 5.41) is 4.20. The van der Waals surface area contributed by atoms with Crippen LogP contribution in [-0.2, 0) is 4.79 Å². The number of hydrogen-bond acceptors (Lipinski definition) is 5. The van der Waals surface area contributed by atoms with Gasteiger partial charge in [-0.15, -0.1) is 0 Å². The van der Waals surface area contributed by atoms with Crippen molar-refractivity contribution in [2.75, 3.05) is 20.3 Å². The summed E-state index contributed by atoms with van der Waals surface area (Å²) in [6, 6.07) is 14.7. The zero-order chi connectivity index (χ0) is 16.8. The number of hydrazone groups is 1. The van der Waals surface area contributed by atoms with Crippen molar-refractivity contribution in [1.82, 2.24) is 5.43 Å². The van der Waals surface area contributed by atoms with E-state index in [1.54, 1.807) is 31.4 Å². The summed E-state index contributed by atoms with van der Waals surface area (Å²) >= 11 is 0. The van der Waals surface area contributed by atoms with E-state index < -0.39 is 0 Å². The Morgan fingerprint density at radius 2 is 1.92 bits per heavy atom. The zero-order valence-corrected chi connectivity index (χ0v) is 13.3. The third-order valence-electron chi connectivity index (χ3n) is 3.54. The van der Waals surface area contributed by atoms with Gasteiger partial charge in [-0.2, -0.15) is 5.10 Å². The average Bonchev–Trinajstić information content (AvgIpc) is 2.65. The van der Waals surface area contributed by atoms with Gasteiger partial charge in [0.2, 0.25) is 0 Å². The summed E-state index contributed by atoms with van der Waals surface area (Å²) < 4.78 is 16.0. The number of para-hydroxylation sites is 1. The predicted octanol–water partition coefficient (Wildman–Crippen LogP) is 2.38. The van der Waals surface area contributed by atoms with Crippen LogP contribution >= 0.6 is 0 Å². The van der Waals surface area contributed by atoms with Crippen molar-refractivity contribution >= 4 is 11.6 Å². The topological polar surface area (TPSA) is 69.2 Å². The van der Waals surface area contributed by atoms with Gasteiger partial charge in [-0.3, -0.25) is 4.79 Å². The molecule has 0 fully saturated rings.